The van der Waals surface area contributed by atoms with Crippen LogP contribution in [0.4, 0.5) is 5.69 Å². The van der Waals surface area contributed by atoms with Gasteiger partial charge in [-0.25, -0.2) is 8.42 Å². The summed E-state index contributed by atoms with van der Waals surface area (Å²) in [6.07, 6.45) is 1.45. The normalized spacial score (nSPS) is 17.1. The molecule has 0 radical (unpaired) electrons. The number of H-pyrrole nitrogens is 1. The first-order valence-corrected chi connectivity index (χ1v) is 8.32. The molecule has 0 bridgehead atoms. The van der Waals surface area contributed by atoms with Gasteiger partial charge in [0.1, 0.15) is 0 Å². The fourth-order valence-corrected chi connectivity index (χ4v) is 3.86. The molecule has 1 aromatic heterocycles. The second-order valence-electron chi connectivity index (χ2n) is 5.15. The second kappa shape index (κ2) is 5.50. The van der Waals surface area contributed by atoms with Crippen molar-refractivity contribution in [3.63, 3.8) is 0 Å². The van der Waals surface area contributed by atoms with E-state index < -0.39 is 10.0 Å². The first-order valence-electron chi connectivity index (χ1n) is 6.88. The SMILES string of the molecule is Cc1cccc(N2CCN(S(=O)(=O)c3ccn[nH]3)CC2)c1. The number of hydrogen-bond donors (Lipinski definition) is 1. The van der Waals surface area contributed by atoms with Crippen LogP contribution in [0, 0.1) is 6.92 Å². The van der Waals surface area contributed by atoms with Gasteiger partial charge in [0, 0.05) is 31.9 Å². The lowest BCUT2D eigenvalue weighted by atomic mass is 10.2. The third-order valence-electron chi connectivity index (χ3n) is 3.70. The smallest absolute Gasteiger partial charge is 0.260 e. The van der Waals surface area contributed by atoms with Crippen molar-refractivity contribution in [2.75, 3.05) is 31.1 Å². The molecule has 0 aliphatic carbocycles. The molecule has 0 unspecified atom stereocenters. The second-order valence-corrected chi connectivity index (χ2v) is 7.06. The molecule has 0 amide bonds. The minimum absolute atomic E-state index is 0.159. The van der Waals surface area contributed by atoms with E-state index in [1.807, 2.05) is 6.07 Å². The minimum atomic E-state index is -3.44. The van der Waals surface area contributed by atoms with E-state index in [4.69, 9.17) is 0 Å². The summed E-state index contributed by atoms with van der Waals surface area (Å²) >= 11 is 0. The molecule has 2 heterocycles. The van der Waals surface area contributed by atoms with Gasteiger partial charge in [0.2, 0.25) is 0 Å². The Bertz CT molecular complexity index is 704. The van der Waals surface area contributed by atoms with E-state index in [0.717, 1.165) is 5.69 Å². The maximum atomic E-state index is 12.4. The zero-order valence-electron chi connectivity index (χ0n) is 11.9. The molecule has 1 aliphatic heterocycles. The molecule has 112 valence electrons. The Kier molecular flexibility index (Phi) is 3.69. The summed E-state index contributed by atoms with van der Waals surface area (Å²) in [7, 11) is -3.44. The standard InChI is InChI=1S/C14H18N4O2S/c1-12-3-2-4-13(11-12)17-7-9-18(10-8-17)21(19,20)14-5-6-15-16-14/h2-6,11H,7-10H2,1H3,(H,15,16). The molecular formula is C14H18N4O2S. The first-order chi connectivity index (χ1) is 10.1. The van der Waals surface area contributed by atoms with Gasteiger partial charge in [-0.1, -0.05) is 12.1 Å². The lowest BCUT2D eigenvalue weighted by Gasteiger charge is -2.35. The number of aryl methyl sites for hydroxylation is 1. The van der Waals surface area contributed by atoms with Crippen LogP contribution in [0.1, 0.15) is 5.56 Å². The fraction of sp³-hybridized carbons (Fsp3) is 0.357. The number of anilines is 1. The van der Waals surface area contributed by atoms with E-state index >= 15 is 0 Å². The van der Waals surface area contributed by atoms with Gasteiger partial charge < -0.3 is 4.90 Å². The largest absolute Gasteiger partial charge is 0.369 e. The van der Waals surface area contributed by atoms with Crippen LogP contribution in [0.25, 0.3) is 0 Å². The number of rotatable bonds is 3. The van der Waals surface area contributed by atoms with Crippen molar-refractivity contribution in [2.24, 2.45) is 0 Å². The summed E-state index contributed by atoms with van der Waals surface area (Å²) in [5.74, 6) is 0. The van der Waals surface area contributed by atoms with Crippen LogP contribution in [0.3, 0.4) is 0 Å². The number of benzene rings is 1. The summed E-state index contributed by atoms with van der Waals surface area (Å²) in [5, 5.41) is 6.40. The van der Waals surface area contributed by atoms with Crippen LogP contribution in [-0.2, 0) is 10.0 Å². The van der Waals surface area contributed by atoms with Crippen molar-refractivity contribution in [1.29, 1.82) is 0 Å². The zero-order valence-corrected chi connectivity index (χ0v) is 12.7. The molecule has 21 heavy (non-hydrogen) atoms. The number of nitrogens with one attached hydrogen (secondary N) is 1. The summed E-state index contributed by atoms with van der Waals surface area (Å²) < 4.78 is 26.3. The first kappa shape index (κ1) is 14.1. The molecule has 6 nitrogen and oxygen atoms in total. The van der Waals surface area contributed by atoms with E-state index in [9.17, 15) is 8.42 Å². The van der Waals surface area contributed by atoms with Gasteiger partial charge in [-0.2, -0.15) is 9.40 Å². The monoisotopic (exact) mass is 306 g/mol. The van der Waals surface area contributed by atoms with Crippen LogP contribution in [0.15, 0.2) is 41.6 Å². The quantitative estimate of drug-likeness (QED) is 0.926. The molecule has 1 fully saturated rings. The third-order valence-corrected chi connectivity index (χ3v) is 5.53. The maximum Gasteiger partial charge on any atom is 0.260 e. The van der Waals surface area contributed by atoms with Crippen molar-refractivity contribution in [2.45, 2.75) is 11.9 Å². The van der Waals surface area contributed by atoms with Gasteiger partial charge >= 0.3 is 0 Å². The highest BCUT2D eigenvalue weighted by molar-refractivity contribution is 7.89. The molecule has 7 heteroatoms. The molecule has 0 saturated carbocycles. The summed E-state index contributed by atoms with van der Waals surface area (Å²) in [6.45, 7) is 4.40. The molecular weight excluding hydrogens is 288 g/mol. The van der Waals surface area contributed by atoms with E-state index in [1.54, 1.807) is 0 Å². The molecule has 2 aromatic rings. The number of piperazine rings is 1. The van der Waals surface area contributed by atoms with Gasteiger partial charge in [-0.15, -0.1) is 0 Å². The maximum absolute atomic E-state index is 12.4. The molecule has 1 saturated heterocycles. The van der Waals surface area contributed by atoms with Gasteiger partial charge in [0.05, 0.1) is 6.20 Å². The highest BCUT2D eigenvalue weighted by Crippen LogP contribution is 2.20. The van der Waals surface area contributed by atoms with E-state index in [0.29, 0.717) is 26.2 Å². The Labute approximate surface area is 124 Å². The minimum Gasteiger partial charge on any atom is -0.369 e. The fourth-order valence-electron chi connectivity index (χ4n) is 2.54. The van der Waals surface area contributed by atoms with Crippen molar-refractivity contribution in [3.8, 4) is 0 Å². The summed E-state index contributed by atoms with van der Waals surface area (Å²) in [4.78, 5) is 2.21. The Morgan fingerprint density at radius 1 is 1.14 bits per heavy atom. The molecule has 3 rings (SSSR count). The van der Waals surface area contributed by atoms with Gasteiger partial charge in [-0.3, -0.25) is 5.10 Å². The zero-order chi connectivity index (χ0) is 14.9. The molecule has 1 aliphatic rings. The number of nitrogens with zero attached hydrogens (tertiary/aromatic N) is 3. The molecule has 0 atom stereocenters. The van der Waals surface area contributed by atoms with Crippen LogP contribution < -0.4 is 4.90 Å². The number of hydrogen-bond acceptors (Lipinski definition) is 4. The van der Waals surface area contributed by atoms with Crippen molar-refractivity contribution < 1.29 is 8.42 Å². The average molecular weight is 306 g/mol. The van der Waals surface area contributed by atoms with Gasteiger partial charge in [0.25, 0.3) is 10.0 Å². The average Bonchev–Trinajstić information content (AvgIpc) is 3.02. The Morgan fingerprint density at radius 2 is 1.90 bits per heavy atom. The molecule has 0 spiro atoms. The van der Waals surface area contributed by atoms with E-state index in [2.05, 4.69) is 40.2 Å². The van der Waals surface area contributed by atoms with Crippen molar-refractivity contribution in [1.82, 2.24) is 14.5 Å². The Balaban J connectivity index is 1.71. The summed E-state index contributed by atoms with van der Waals surface area (Å²) in [6, 6.07) is 9.76. The van der Waals surface area contributed by atoms with Crippen LogP contribution in [-0.4, -0.2) is 49.1 Å². The topological polar surface area (TPSA) is 69.3 Å². The van der Waals surface area contributed by atoms with Crippen LogP contribution in [0.2, 0.25) is 0 Å². The number of sulfonamides is 1. The third kappa shape index (κ3) is 2.79. The van der Waals surface area contributed by atoms with E-state index in [1.165, 1.54) is 22.1 Å². The van der Waals surface area contributed by atoms with Crippen LogP contribution >= 0.6 is 0 Å². The molecule has 1 aromatic carbocycles. The highest BCUT2D eigenvalue weighted by atomic mass is 32.2. The van der Waals surface area contributed by atoms with Crippen molar-refractivity contribution >= 4 is 15.7 Å². The Morgan fingerprint density at radius 3 is 2.52 bits per heavy atom. The summed E-state index contributed by atoms with van der Waals surface area (Å²) in [5.41, 5.74) is 2.36. The van der Waals surface area contributed by atoms with Crippen molar-refractivity contribution in [3.05, 3.63) is 42.1 Å². The number of aromatic amines is 1. The highest BCUT2D eigenvalue weighted by Gasteiger charge is 2.29. The number of aromatic nitrogens is 2. The van der Waals surface area contributed by atoms with Gasteiger partial charge in [-0.05, 0) is 30.7 Å². The lowest BCUT2D eigenvalue weighted by molar-refractivity contribution is 0.383. The lowest BCUT2D eigenvalue weighted by Crippen LogP contribution is -2.48. The van der Waals surface area contributed by atoms with Gasteiger partial charge in [0.15, 0.2) is 5.03 Å². The predicted octanol–water partition coefficient (Wildman–Crippen LogP) is 1.23. The predicted molar refractivity (Wildman–Crippen MR) is 80.7 cm³/mol. The van der Waals surface area contributed by atoms with E-state index in [-0.39, 0.29) is 5.03 Å². The molecule has 1 N–H and O–H groups in total. The van der Waals surface area contributed by atoms with Crippen LogP contribution in [0.5, 0.6) is 0 Å². The Hall–Kier alpha value is -1.86.